The number of hydrogen-bond acceptors (Lipinski definition) is 5. The lowest BCUT2D eigenvalue weighted by Crippen LogP contribution is -2.30. The van der Waals surface area contributed by atoms with E-state index in [0.29, 0.717) is 18.8 Å². The number of aryl methyl sites for hydroxylation is 1. The molecule has 0 bridgehead atoms. The predicted molar refractivity (Wildman–Crippen MR) is 109 cm³/mol. The average Bonchev–Trinajstić information content (AvgIpc) is 3.46. The van der Waals surface area contributed by atoms with E-state index in [2.05, 4.69) is 9.88 Å². The first-order chi connectivity index (χ1) is 13.9. The summed E-state index contributed by atoms with van der Waals surface area (Å²) < 4.78 is 31.9. The Morgan fingerprint density at radius 2 is 2.07 bits per heavy atom. The van der Waals surface area contributed by atoms with Gasteiger partial charge in [-0.2, -0.15) is 0 Å². The summed E-state index contributed by atoms with van der Waals surface area (Å²) in [7, 11) is 0. The van der Waals surface area contributed by atoms with Crippen LogP contribution in [0.4, 0.5) is 8.78 Å². The van der Waals surface area contributed by atoms with Crippen molar-refractivity contribution in [2.24, 2.45) is 5.92 Å². The van der Waals surface area contributed by atoms with Crippen LogP contribution >= 0.6 is 11.3 Å². The minimum Gasteiger partial charge on any atom is -0.493 e. The molecule has 7 heteroatoms. The fourth-order valence-electron chi connectivity index (χ4n) is 3.92. The molecule has 158 valence electrons. The fourth-order valence-corrected chi connectivity index (χ4v) is 5.11. The number of halogens is 2. The van der Waals surface area contributed by atoms with Gasteiger partial charge in [0.05, 0.1) is 12.3 Å². The molecule has 1 saturated heterocycles. The molecule has 1 N–H and O–H groups in total. The number of nitrogens with zero attached hydrogens (tertiary/aromatic N) is 2. The van der Waals surface area contributed by atoms with Gasteiger partial charge in [-0.25, -0.2) is 13.8 Å². The molecule has 0 amide bonds. The highest BCUT2D eigenvalue weighted by Gasteiger charge is 2.36. The van der Waals surface area contributed by atoms with E-state index in [9.17, 15) is 13.9 Å². The Hall–Kier alpha value is -1.57. The smallest absolute Gasteiger partial charge is 0.162 e. The summed E-state index contributed by atoms with van der Waals surface area (Å²) in [4.78, 5) is 8.24. The van der Waals surface area contributed by atoms with Crippen molar-refractivity contribution in [1.29, 1.82) is 0 Å². The topological polar surface area (TPSA) is 45.6 Å². The molecule has 0 spiro atoms. The SMILES string of the molecule is Cc1nc([C@]2(O)CCCN(CC3CC3)CC2)sc1CCOc1ccc(F)c(F)c1. The average molecular weight is 423 g/mol. The zero-order chi connectivity index (χ0) is 20.4. The van der Waals surface area contributed by atoms with E-state index in [0.717, 1.165) is 66.0 Å². The summed E-state index contributed by atoms with van der Waals surface area (Å²) in [5, 5.41) is 12.1. The zero-order valence-corrected chi connectivity index (χ0v) is 17.6. The van der Waals surface area contributed by atoms with Crippen LogP contribution in [0.2, 0.25) is 0 Å². The summed E-state index contributed by atoms with van der Waals surface area (Å²) in [6.07, 6.45) is 5.76. The van der Waals surface area contributed by atoms with Crippen molar-refractivity contribution in [3.8, 4) is 5.75 Å². The maximum atomic E-state index is 13.3. The van der Waals surface area contributed by atoms with Gasteiger partial charge in [-0.3, -0.25) is 0 Å². The van der Waals surface area contributed by atoms with Crippen molar-refractivity contribution in [3.05, 3.63) is 45.4 Å². The Kier molecular flexibility index (Phi) is 6.18. The van der Waals surface area contributed by atoms with Gasteiger partial charge < -0.3 is 14.7 Å². The molecule has 4 rings (SSSR count). The number of hydrogen-bond donors (Lipinski definition) is 1. The van der Waals surface area contributed by atoms with Gasteiger partial charge in [-0.05, 0) is 63.6 Å². The monoisotopic (exact) mass is 422 g/mol. The van der Waals surface area contributed by atoms with E-state index in [1.54, 1.807) is 11.3 Å². The quantitative estimate of drug-likeness (QED) is 0.717. The molecule has 1 atom stereocenters. The molecule has 1 saturated carbocycles. The van der Waals surface area contributed by atoms with Gasteiger partial charge in [0.25, 0.3) is 0 Å². The van der Waals surface area contributed by atoms with E-state index in [4.69, 9.17) is 4.74 Å². The minimum atomic E-state index is -0.912. The largest absolute Gasteiger partial charge is 0.493 e. The highest BCUT2D eigenvalue weighted by molar-refractivity contribution is 7.11. The maximum Gasteiger partial charge on any atom is 0.162 e. The van der Waals surface area contributed by atoms with Crippen LogP contribution in [0.5, 0.6) is 5.75 Å². The zero-order valence-electron chi connectivity index (χ0n) is 16.8. The molecule has 0 unspecified atom stereocenters. The van der Waals surface area contributed by atoms with Crippen molar-refractivity contribution in [1.82, 2.24) is 9.88 Å². The van der Waals surface area contributed by atoms with Crippen LogP contribution in [-0.4, -0.2) is 41.2 Å². The molecule has 1 aliphatic heterocycles. The van der Waals surface area contributed by atoms with E-state index < -0.39 is 17.2 Å². The molecule has 1 aliphatic carbocycles. The van der Waals surface area contributed by atoms with Gasteiger partial charge in [-0.1, -0.05) is 0 Å². The first-order valence-corrected chi connectivity index (χ1v) is 11.2. The Morgan fingerprint density at radius 3 is 2.83 bits per heavy atom. The standard InChI is InChI=1S/C22H28F2N2O2S/c1-15-20(7-12-28-17-5-6-18(23)19(24)13-17)29-21(25-15)22(27)8-2-10-26(11-9-22)14-16-3-4-16/h5-6,13,16,27H,2-4,7-12,14H2,1H3/t22-/m0/s1. The second-order valence-corrected chi connectivity index (χ2v) is 9.41. The van der Waals surface area contributed by atoms with Crippen LogP contribution in [0.3, 0.4) is 0 Å². The third kappa shape index (κ3) is 5.13. The molecular weight excluding hydrogens is 394 g/mol. The highest BCUT2D eigenvalue weighted by Crippen LogP contribution is 2.38. The molecule has 29 heavy (non-hydrogen) atoms. The summed E-state index contributed by atoms with van der Waals surface area (Å²) in [5.74, 6) is -0.619. The van der Waals surface area contributed by atoms with Gasteiger partial charge in [0.1, 0.15) is 16.4 Å². The summed E-state index contributed by atoms with van der Waals surface area (Å²) in [5.41, 5.74) is 0.0545. The number of ether oxygens (including phenoxy) is 1. The van der Waals surface area contributed by atoms with Crippen LogP contribution in [0.15, 0.2) is 18.2 Å². The molecule has 4 nitrogen and oxygen atoms in total. The molecule has 1 aromatic heterocycles. The maximum absolute atomic E-state index is 13.3. The van der Waals surface area contributed by atoms with E-state index in [-0.39, 0.29) is 0 Å². The number of likely N-dealkylation sites (tertiary alicyclic amines) is 1. The third-order valence-electron chi connectivity index (χ3n) is 5.90. The molecule has 0 radical (unpaired) electrons. The predicted octanol–water partition coefficient (Wildman–Crippen LogP) is 4.43. The second kappa shape index (κ2) is 8.66. The third-order valence-corrected chi connectivity index (χ3v) is 7.31. The van der Waals surface area contributed by atoms with Gasteiger partial charge in [-0.15, -0.1) is 11.3 Å². The molecule has 1 aromatic carbocycles. The van der Waals surface area contributed by atoms with E-state index in [1.807, 2.05) is 6.92 Å². The minimum absolute atomic E-state index is 0.310. The van der Waals surface area contributed by atoms with Gasteiger partial charge in [0.2, 0.25) is 0 Å². The normalized spacial score (nSPS) is 23.2. The second-order valence-electron chi connectivity index (χ2n) is 8.33. The first-order valence-electron chi connectivity index (χ1n) is 10.4. The Labute approximate surface area is 174 Å². The lowest BCUT2D eigenvalue weighted by molar-refractivity contribution is 0.0208. The Balaban J connectivity index is 1.35. The Bertz CT molecular complexity index is 855. The van der Waals surface area contributed by atoms with Gasteiger partial charge in [0.15, 0.2) is 11.6 Å². The molecule has 2 fully saturated rings. The number of thiazole rings is 1. The molecular formula is C22H28F2N2O2S. The lowest BCUT2D eigenvalue weighted by Gasteiger charge is -2.24. The van der Waals surface area contributed by atoms with Crippen LogP contribution in [0, 0.1) is 24.5 Å². The Morgan fingerprint density at radius 1 is 1.24 bits per heavy atom. The van der Waals surface area contributed by atoms with Crippen molar-refractivity contribution in [2.45, 2.75) is 51.0 Å². The van der Waals surface area contributed by atoms with Crippen molar-refractivity contribution in [3.63, 3.8) is 0 Å². The van der Waals surface area contributed by atoms with E-state index in [1.165, 1.54) is 25.5 Å². The number of rotatable bonds is 7. The van der Waals surface area contributed by atoms with E-state index >= 15 is 0 Å². The molecule has 2 aliphatic rings. The number of aromatic nitrogens is 1. The first kappa shape index (κ1) is 20.7. The highest BCUT2D eigenvalue weighted by atomic mass is 32.1. The van der Waals surface area contributed by atoms with Crippen molar-refractivity contribution < 1.29 is 18.6 Å². The molecule has 2 aromatic rings. The summed E-state index contributed by atoms with van der Waals surface area (Å²) in [6, 6.07) is 3.54. The summed E-state index contributed by atoms with van der Waals surface area (Å²) >= 11 is 1.55. The number of benzene rings is 1. The lowest BCUT2D eigenvalue weighted by atomic mass is 9.96. The van der Waals surface area contributed by atoms with Crippen LogP contribution < -0.4 is 4.74 Å². The van der Waals surface area contributed by atoms with Crippen molar-refractivity contribution >= 4 is 11.3 Å². The van der Waals surface area contributed by atoms with Crippen LogP contribution in [0.25, 0.3) is 0 Å². The fraction of sp³-hybridized carbons (Fsp3) is 0.591. The summed E-state index contributed by atoms with van der Waals surface area (Å²) in [6.45, 7) is 5.44. The van der Waals surface area contributed by atoms with Gasteiger partial charge in [0, 0.05) is 30.5 Å². The van der Waals surface area contributed by atoms with Crippen molar-refractivity contribution in [2.75, 3.05) is 26.2 Å². The van der Waals surface area contributed by atoms with Crippen LogP contribution in [0.1, 0.15) is 47.7 Å². The molecule has 2 heterocycles. The van der Waals surface area contributed by atoms with Crippen LogP contribution in [-0.2, 0) is 12.0 Å². The van der Waals surface area contributed by atoms with Gasteiger partial charge >= 0.3 is 0 Å². The number of aliphatic hydroxyl groups is 1.